The molecule has 21 heavy (non-hydrogen) atoms. The molecular formula is C18H21ClN2. The fourth-order valence-corrected chi connectivity index (χ4v) is 3.43. The minimum atomic E-state index is 0.462. The van der Waals surface area contributed by atoms with E-state index in [2.05, 4.69) is 53.2 Å². The summed E-state index contributed by atoms with van der Waals surface area (Å²) in [6.45, 7) is 4.23. The van der Waals surface area contributed by atoms with Crippen LogP contribution in [0.1, 0.15) is 42.1 Å². The number of nitrogens with zero attached hydrogens (tertiary/aromatic N) is 2. The lowest BCUT2D eigenvalue weighted by atomic mass is 9.94. The van der Waals surface area contributed by atoms with Gasteiger partial charge in [0.2, 0.25) is 0 Å². The molecule has 2 aromatic rings. The highest BCUT2D eigenvalue weighted by atomic mass is 35.5. The van der Waals surface area contributed by atoms with Crippen LogP contribution < -0.4 is 0 Å². The molecule has 3 heteroatoms. The maximum atomic E-state index is 6.00. The smallest absolute Gasteiger partial charge is 0.129 e. The van der Waals surface area contributed by atoms with E-state index in [1.807, 2.05) is 6.07 Å². The standard InChI is InChI=1S/C18H21ClN2/c1-14-16(10-11-18(19)20-14)17-9-5-6-12-21(17)13-15-7-3-2-4-8-15/h2-4,7-8,10-11,17H,5-6,9,12-13H2,1H3. The lowest BCUT2D eigenvalue weighted by Gasteiger charge is -2.36. The predicted octanol–water partition coefficient (Wildman–Crippen LogP) is 4.77. The fourth-order valence-electron chi connectivity index (χ4n) is 3.24. The molecule has 3 rings (SSSR count). The average molecular weight is 301 g/mol. The molecule has 0 spiro atoms. The maximum absolute atomic E-state index is 6.00. The summed E-state index contributed by atoms with van der Waals surface area (Å²) in [5.41, 5.74) is 3.77. The molecule has 0 radical (unpaired) electrons. The average Bonchev–Trinajstić information content (AvgIpc) is 2.49. The zero-order valence-corrected chi connectivity index (χ0v) is 13.2. The van der Waals surface area contributed by atoms with E-state index in [4.69, 9.17) is 11.6 Å². The minimum Gasteiger partial charge on any atom is -0.292 e. The predicted molar refractivity (Wildman–Crippen MR) is 87.4 cm³/mol. The number of likely N-dealkylation sites (tertiary alicyclic amines) is 1. The quantitative estimate of drug-likeness (QED) is 0.759. The van der Waals surface area contributed by atoms with Crippen LogP contribution in [-0.4, -0.2) is 16.4 Å². The van der Waals surface area contributed by atoms with Crippen molar-refractivity contribution >= 4 is 11.6 Å². The first-order valence-electron chi connectivity index (χ1n) is 7.65. The van der Waals surface area contributed by atoms with Crippen molar-refractivity contribution in [2.75, 3.05) is 6.54 Å². The van der Waals surface area contributed by atoms with Crippen molar-refractivity contribution in [3.8, 4) is 0 Å². The molecule has 2 heterocycles. The lowest BCUT2D eigenvalue weighted by Crippen LogP contribution is -2.33. The number of aryl methyl sites for hydroxylation is 1. The molecule has 1 unspecified atom stereocenters. The maximum Gasteiger partial charge on any atom is 0.129 e. The molecule has 1 fully saturated rings. The van der Waals surface area contributed by atoms with Crippen molar-refractivity contribution in [1.82, 2.24) is 9.88 Å². The zero-order chi connectivity index (χ0) is 14.7. The lowest BCUT2D eigenvalue weighted by molar-refractivity contribution is 0.139. The van der Waals surface area contributed by atoms with E-state index in [0.29, 0.717) is 11.2 Å². The van der Waals surface area contributed by atoms with Crippen molar-refractivity contribution < 1.29 is 0 Å². The summed E-state index contributed by atoms with van der Waals surface area (Å²) in [5, 5.41) is 0.585. The van der Waals surface area contributed by atoms with E-state index in [0.717, 1.165) is 18.8 Å². The van der Waals surface area contributed by atoms with Crippen LogP contribution in [0.15, 0.2) is 42.5 Å². The van der Waals surface area contributed by atoms with Gasteiger partial charge in [0.15, 0.2) is 0 Å². The van der Waals surface area contributed by atoms with Gasteiger partial charge in [-0.3, -0.25) is 4.90 Å². The number of hydrogen-bond acceptors (Lipinski definition) is 2. The van der Waals surface area contributed by atoms with Crippen LogP contribution >= 0.6 is 11.6 Å². The van der Waals surface area contributed by atoms with E-state index in [1.165, 1.54) is 30.4 Å². The highest BCUT2D eigenvalue weighted by Gasteiger charge is 2.25. The third-order valence-electron chi connectivity index (χ3n) is 4.29. The van der Waals surface area contributed by atoms with Crippen LogP contribution in [-0.2, 0) is 6.54 Å². The van der Waals surface area contributed by atoms with Crippen LogP contribution in [0.5, 0.6) is 0 Å². The van der Waals surface area contributed by atoms with Crippen LogP contribution in [0.3, 0.4) is 0 Å². The molecule has 0 aliphatic carbocycles. The van der Waals surface area contributed by atoms with Gasteiger partial charge in [-0.05, 0) is 43.5 Å². The summed E-state index contributed by atoms with van der Waals surface area (Å²) in [4.78, 5) is 7.01. The number of benzene rings is 1. The van der Waals surface area contributed by atoms with Gasteiger partial charge in [0.1, 0.15) is 5.15 Å². The van der Waals surface area contributed by atoms with Gasteiger partial charge in [0.25, 0.3) is 0 Å². The Morgan fingerprint density at radius 3 is 2.71 bits per heavy atom. The molecule has 1 saturated heterocycles. The van der Waals surface area contributed by atoms with Gasteiger partial charge >= 0.3 is 0 Å². The van der Waals surface area contributed by atoms with Crippen molar-refractivity contribution in [3.05, 3.63) is 64.4 Å². The normalized spacial score (nSPS) is 19.6. The molecule has 1 aliphatic rings. The van der Waals surface area contributed by atoms with Crippen LogP contribution in [0.2, 0.25) is 5.15 Å². The molecule has 0 bridgehead atoms. The third kappa shape index (κ3) is 3.45. The Morgan fingerprint density at radius 1 is 1.14 bits per heavy atom. The van der Waals surface area contributed by atoms with Crippen molar-refractivity contribution in [2.24, 2.45) is 0 Å². The van der Waals surface area contributed by atoms with Gasteiger partial charge in [-0.1, -0.05) is 54.4 Å². The van der Waals surface area contributed by atoms with Crippen LogP contribution in [0.4, 0.5) is 0 Å². The van der Waals surface area contributed by atoms with E-state index < -0.39 is 0 Å². The van der Waals surface area contributed by atoms with Crippen molar-refractivity contribution in [3.63, 3.8) is 0 Å². The molecule has 1 atom stereocenters. The second-order valence-corrected chi connectivity index (χ2v) is 6.16. The Labute approximate surface area is 131 Å². The Balaban J connectivity index is 1.84. The first-order valence-corrected chi connectivity index (χ1v) is 8.03. The molecule has 0 saturated carbocycles. The highest BCUT2D eigenvalue weighted by molar-refractivity contribution is 6.29. The van der Waals surface area contributed by atoms with Gasteiger partial charge in [-0.25, -0.2) is 4.98 Å². The number of pyridine rings is 1. The Morgan fingerprint density at radius 2 is 1.95 bits per heavy atom. The summed E-state index contributed by atoms with van der Waals surface area (Å²) in [6.07, 6.45) is 3.78. The van der Waals surface area contributed by atoms with E-state index in [1.54, 1.807) is 0 Å². The highest BCUT2D eigenvalue weighted by Crippen LogP contribution is 2.33. The molecule has 1 aromatic carbocycles. The number of halogens is 1. The summed E-state index contributed by atoms with van der Waals surface area (Å²) in [7, 11) is 0. The van der Waals surface area contributed by atoms with Gasteiger partial charge < -0.3 is 0 Å². The molecule has 110 valence electrons. The van der Waals surface area contributed by atoms with Gasteiger partial charge in [0, 0.05) is 18.3 Å². The number of rotatable bonds is 3. The monoisotopic (exact) mass is 300 g/mol. The number of aromatic nitrogens is 1. The van der Waals surface area contributed by atoms with E-state index >= 15 is 0 Å². The topological polar surface area (TPSA) is 16.1 Å². The second kappa shape index (κ2) is 6.59. The minimum absolute atomic E-state index is 0.462. The molecule has 0 N–H and O–H groups in total. The number of hydrogen-bond donors (Lipinski definition) is 0. The third-order valence-corrected chi connectivity index (χ3v) is 4.50. The second-order valence-electron chi connectivity index (χ2n) is 5.78. The summed E-state index contributed by atoms with van der Waals surface area (Å²) >= 11 is 6.00. The fraction of sp³-hybridized carbons (Fsp3) is 0.389. The molecular weight excluding hydrogens is 280 g/mol. The van der Waals surface area contributed by atoms with E-state index in [9.17, 15) is 0 Å². The van der Waals surface area contributed by atoms with Gasteiger partial charge in [0.05, 0.1) is 0 Å². The van der Waals surface area contributed by atoms with Crippen LogP contribution in [0.25, 0.3) is 0 Å². The Hall–Kier alpha value is -1.38. The summed E-state index contributed by atoms with van der Waals surface area (Å²) < 4.78 is 0. The zero-order valence-electron chi connectivity index (χ0n) is 12.4. The van der Waals surface area contributed by atoms with Gasteiger partial charge in [-0.2, -0.15) is 0 Å². The molecule has 1 aliphatic heterocycles. The number of piperidine rings is 1. The SMILES string of the molecule is Cc1nc(Cl)ccc1C1CCCCN1Cc1ccccc1. The first-order chi connectivity index (χ1) is 10.2. The first kappa shape index (κ1) is 14.6. The molecule has 2 nitrogen and oxygen atoms in total. The Bertz CT molecular complexity index is 597. The summed E-state index contributed by atoms with van der Waals surface area (Å²) in [6, 6.07) is 15.2. The van der Waals surface area contributed by atoms with Crippen LogP contribution in [0, 0.1) is 6.92 Å². The van der Waals surface area contributed by atoms with E-state index in [-0.39, 0.29) is 0 Å². The summed E-state index contributed by atoms with van der Waals surface area (Å²) in [5.74, 6) is 0. The van der Waals surface area contributed by atoms with Crippen molar-refractivity contribution in [2.45, 2.75) is 38.8 Å². The van der Waals surface area contributed by atoms with Gasteiger partial charge in [-0.15, -0.1) is 0 Å². The Kier molecular flexibility index (Phi) is 4.57. The van der Waals surface area contributed by atoms with Crippen molar-refractivity contribution in [1.29, 1.82) is 0 Å². The molecule has 1 aromatic heterocycles. The molecule has 0 amide bonds. The largest absolute Gasteiger partial charge is 0.292 e.